The van der Waals surface area contributed by atoms with E-state index in [1.165, 1.54) is 0 Å². The quantitative estimate of drug-likeness (QED) is 0.755. The maximum absolute atomic E-state index is 12.2. The maximum atomic E-state index is 12.2. The van der Waals surface area contributed by atoms with E-state index >= 15 is 0 Å². The summed E-state index contributed by atoms with van der Waals surface area (Å²) in [5, 5.41) is 19.7. The first-order chi connectivity index (χ1) is 11.7. The predicted octanol–water partition coefficient (Wildman–Crippen LogP) is 0.924. The maximum Gasteiger partial charge on any atom is 0.257 e. The van der Waals surface area contributed by atoms with Crippen LogP contribution in [0.5, 0.6) is 0 Å². The third-order valence-corrected chi connectivity index (χ3v) is 4.61. The first-order valence-corrected chi connectivity index (χ1v) is 8.32. The van der Waals surface area contributed by atoms with Crippen molar-refractivity contribution < 1.29 is 14.4 Å². The summed E-state index contributed by atoms with van der Waals surface area (Å²) in [5.41, 5.74) is 1.38. The van der Waals surface area contributed by atoms with E-state index in [-0.39, 0.29) is 11.8 Å². The molecule has 2 aliphatic rings. The van der Waals surface area contributed by atoms with Crippen LogP contribution in [0.25, 0.3) is 11.5 Å². The number of benzene rings is 1. The number of nitrogens with zero attached hydrogens (tertiary/aromatic N) is 2. The fourth-order valence-electron chi connectivity index (χ4n) is 2.88. The Hall–Kier alpha value is -2.25. The van der Waals surface area contributed by atoms with E-state index in [0.717, 1.165) is 30.8 Å². The second kappa shape index (κ2) is 6.33. The Kier molecular flexibility index (Phi) is 4.03. The molecular weight excluding hydrogens is 308 g/mol. The predicted molar refractivity (Wildman–Crippen MR) is 86.4 cm³/mol. The standard InChI is InChI=1S/C17H20N4O3/c22-14-9-18-7-13(14)8-19-16(23)11-3-5-12(6-4-11)17-20-15(21-24-17)10-1-2-10/h3-6,10,13-14,18,22H,1-2,7-9H2,(H,19,23). The number of nitrogens with one attached hydrogen (secondary N) is 2. The molecule has 1 saturated heterocycles. The number of carbonyl (C=O) groups excluding carboxylic acids is 1. The number of amides is 1. The Morgan fingerprint density at radius 2 is 2.08 bits per heavy atom. The summed E-state index contributed by atoms with van der Waals surface area (Å²) in [6, 6.07) is 7.11. The number of β-amino-alcohol motifs (C(OH)–C–C–N with tert-alkyl or cyclic N) is 1. The normalized spacial score (nSPS) is 23.4. The Balaban J connectivity index is 1.38. The second-order valence-electron chi connectivity index (χ2n) is 6.51. The van der Waals surface area contributed by atoms with Crippen molar-refractivity contribution in [1.82, 2.24) is 20.8 Å². The van der Waals surface area contributed by atoms with Gasteiger partial charge >= 0.3 is 0 Å². The van der Waals surface area contributed by atoms with Crippen molar-refractivity contribution in [2.75, 3.05) is 19.6 Å². The lowest BCUT2D eigenvalue weighted by Crippen LogP contribution is -2.34. The van der Waals surface area contributed by atoms with E-state index in [0.29, 0.717) is 30.5 Å². The van der Waals surface area contributed by atoms with E-state index < -0.39 is 6.10 Å². The van der Waals surface area contributed by atoms with E-state index in [4.69, 9.17) is 4.52 Å². The van der Waals surface area contributed by atoms with Crippen LogP contribution in [0, 0.1) is 5.92 Å². The van der Waals surface area contributed by atoms with Gasteiger partial charge in [0.15, 0.2) is 5.82 Å². The topological polar surface area (TPSA) is 100 Å². The highest BCUT2D eigenvalue weighted by Crippen LogP contribution is 2.38. The average Bonchev–Trinajstić information content (AvgIpc) is 3.19. The Morgan fingerprint density at radius 3 is 2.75 bits per heavy atom. The minimum absolute atomic E-state index is 0.0625. The SMILES string of the molecule is O=C(NCC1CNCC1O)c1ccc(-c2nc(C3CC3)no2)cc1. The summed E-state index contributed by atoms with van der Waals surface area (Å²) in [6.07, 6.45) is 1.86. The van der Waals surface area contributed by atoms with Crippen LogP contribution < -0.4 is 10.6 Å². The molecule has 1 aromatic heterocycles. The van der Waals surface area contributed by atoms with Crippen LogP contribution in [0.3, 0.4) is 0 Å². The van der Waals surface area contributed by atoms with Crippen LogP contribution in [0.15, 0.2) is 28.8 Å². The van der Waals surface area contributed by atoms with Gasteiger partial charge in [0.25, 0.3) is 11.8 Å². The van der Waals surface area contributed by atoms with Gasteiger partial charge in [-0.15, -0.1) is 0 Å². The number of aliphatic hydroxyl groups is 1. The van der Waals surface area contributed by atoms with Crippen molar-refractivity contribution in [3.63, 3.8) is 0 Å². The smallest absolute Gasteiger partial charge is 0.257 e. The summed E-state index contributed by atoms with van der Waals surface area (Å²) in [5.74, 6) is 1.63. The van der Waals surface area contributed by atoms with Gasteiger partial charge in [-0.3, -0.25) is 4.79 Å². The van der Waals surface area contributed by atoms with Gasteiger partial charge in [0.05, 0.1) is 6.10 Å². The molecule has 1 aromatic carbocycles. The molecule has 1 saturated carbocycles. The molecular formula is C17H20N4O3. The van der Waals surface area contributed by atoms with Gasteiger partial charge in [0.1, 0.15) is 0 Å². The first-order valence-electron chi connectivity index (χ1n) is 8.32. The number of carbonyl (C=O) groups is 1. The van der Waals surface area contributed by atoms with Gasteiger partial charge in [-0.1, -0.05) is 5.16 Å². The molecule has 2 atom stereocenters. The molecule has 0 bridgehead atoms. The zero-order chi connectivity index (χ0) is 16.5. The summed E-state index contributed by atoms with van der Waals surface area (Å²) in [7, 11) is 0. The summed E-state index contributed by atoms with van der Waals surface area (Å²) in [4.78, 5) is 16.6. The molecule has 126 valence electrons. The highest BCUT2D eigenvalue weighted by Gasteiger charge is 2.29. The van der Waals surface area contributed by atoms with Crippen LogP contribution in [0.4, 0.5) is 0 Å². The monoisotopic (exact) mass is 328 g/mol. The molecule has 1 amide bonds. The molecule has 2 aromatic rings. The number of rotatable bonds is 5. The lowest BCUT2D eigenvalue weighted by Gasteiger charge is -2.14. The molecule has 2 heterocycles. The van der Waals surface area contributed by atoms with Gasteiger partial charge in [0.2, 0.25) is 0 Å². The molecule has 3 N–H and O–H groups in total. The molecule has 2 unspecified atom stereocenters. The van der Waals surface area contributed by atoms with Crippen LogP contribution in [-0.2, 0) is 0 Å². The van der Waals surface area contributed by atoms with Gasteiger partial charge in [0, 0.05) is 42.6 Å². The molecule has 1 aliphatic heterocycles. The number of aromatic nitrogens is 2. The van der Waals surface area contributed by atoms with Crippen molar-refractivity contribution in [1.29, 1.82) is 0 Å². The fraction of sp³-hybridized carbons (Fsp3) is 0.471. The Morgan fingerprint density at radius 1 is 1.29 bits per heavy atom. The van der Waals surface area contributed by atoms with Crippen molar-refractivity contribution in [3.05, 3.63) is 35.7 Å². The van der Waals surface area contributed by atoms with E-state index in [2.05, 4.69) is 20.8 Å². The largest absolute Gasteiger partial charge is 0.391 e. The zero-order valence-electron chi connectivity index (χ0n) is 13.2. The first kappa shape index (κ1) is 15.3. The van der Waals surface area contributed by atoms with Crippen LogP contribution in [-0.4, -0.2) is 46.9 Å². The highest BCUT2D eigenvalue weighted by atomic mass is 16.5. The number of aliphatic hydroxyl groups excluding tert-OH is 1. The van der Waals surface area contributed by atoms with Gasteiger partial charge in [-0.25, -0.2) is 0 Å². The van der Waals surface area contributed by atoms with Crippen molar-refractivity contribution in [2.24, 2.45) is 5.92 Å². The second-order valence-corrected chi connectivity index (χ2v) is 6.51. The lowest BCUT2D eigenvalue weighted by molar-refractivity contribution is 0.0927. The van der Waals surface area contributed by atoms with Crippen molar-refractivity contribution in [2.45, 2.75) is 24.9 Å². The molecule has 24 heavy (non-hydrogen) atoms. The summed E-state index contributed by atoms with van der Waals surface area (Å²) in [6.45, 7) is 1.77. The molecule has 2 fully saturated rings. The highest BCUT2D eigenvalue weighted by molar-refractivity contribution is 5.94. The third kappa shape index (κ3) is 3.18. The molecule has 0 spiro atoms. The average molecular weight is 328 g/mol. The van der Waals surface area contributed by atoms with Gasteiger partial charge in [-0.2, -0.15) is 4.98 Å². The Labute approximate surface area is 139 Å². The minimum Gasteiger partial charge on any atom is -0.391 e. The van der Waals surface area contributed by atoms with E-state index in [9.17, 15) is 9.90 Å². The van der Waals surface area contributed by atoms with E-state index in [1.807, 2.05) is 12.1 Å². The van der Waals surface area contributed by atoms with Crippen molar-refractivity contribution in [3.8, 4) is 11.5 Å². The zero-order valence-corrected chi connectivity index (χ0v) is 13.2. The molecule has 7 nitrogen and oxygen atoms in total. The molecule has 0 radical (unpaired) electrons. The summed E-state index contributed by atoms with van der Waals surface area (Å²) >= 11 is 0. The van der Waals surface area contributed by atoms with Gasteiger partial charge < -0.3 is 20.3 Å². The van der Waals surface area contributed by atoms with Crippen molar-refractivity contribution >= 4 is 5.91 Å². The molecule has 1 aliphatic carbocycles. The molecule has 7 heteroatoms. The Bertz CT molecular complexity index is 724. The minimum atomic E-state index is -0.397. The van der Waals surface area contributed by atoms with E-state index in [1.54, 1.807) is 12.1 Å². The van der Waals surface area contributed by atoms with Gasteiger partial charge in [-0.05, 0) is 37.1 Å². The van der Waals surface area contributed by atoms with Crippen LogP contribution >= 0.6 is 0 Å². The van der Waals surface area contributed by atoms with Crippen LogP contribution in [0.2, 0.25) is 0 Å². The summed E-state index contributed by atoms with van der Waals surface area (Å²) < 4.78 is 5.28. The lowest BCUT2D eigenvalue weighted by atomic mass is 10.1. The number of hydrogen-bond acceptors (Lipinski definition) is 6. The third-order valence-electron chi connectivity index (χ3n) is 4.61. The number of hydrogen-bond donors (Lipinski definition) is 3. The molecule has 4 rings (SSSR count). The van der Waals surface area contributed by atoms with Crippen LogP contribution in [0.1, 0.15) is 34.9 Å². The fourth-order valence-corrected chi connectivity index (χ4v) is 2.88.